The van der Waals surface area contributed by atoms with Crippen LogP contribution >= 0.6 is 12.4 Å². The maximum absolute atomic E-state index is 12.0. The highest BCUT2D eigenvalue weighted by molar-refractivity contribution is 5.96. The molecular weight excluding hydrogens is 234 g/mol. The lowest BCUT2D eigenvalue weighted by Gasteiger charge is -2.39. The highest BCUT2D eigenvalue weighted by atomic mass is 35.5. The molecule has 0 bridgehead atoms. The van der Waals surface area contributed by atoms with Gasteiger partial charge in [-0.2, -0.15) is 0 Å². The Morgan fingerprint density at radius 2 is 1.65 bits per heavy atom. The van der Waals surface area contributed by atoms with Crippen molar-refractivity contribution in [1.29, 1.82) is 0 Å². The van der Waals surface area contributed by atoms with Crippen LogP contribution in [0.1, 0.15) is 52.9 Å². The van der Waals surface area contributed by atoms with Crippen LogP contribution in [-0.4, -0.2) is 23.8 Å². The lowest BCUT2D eigenvalue weighted by Crippen LogP contribution is -2.36. The zero-order valence-corrected chi connectivity index (χ0v) is 12.0. The minimum atomic E-state index is 0. The fourth-order valence-electron chi connectivity index (χ4n) is 2.89. The average molecular weight is 258 g/mol. The van der Waals surface area contributed by atoms with E-state index in [1.165, 1.54) is 25.0 Å². The number of halogens is 1. The van der Waals surface area contributed by atoms with Gasteiger partial charge in [0.1, 0.15) is 0 Å². The number of rotatable bonds is 1. The molecule has 0 aromatic heterocycles. The summed E-state index contributed by atoms with van der Waals surface area (Å²) in [6.45, 7) is 8.73. The number of allylic oxidation sites excluding steroid dienone is 2. The highest BCUT2D eigenvalue weighted by Gasteiger charge is 2.33. The first kappa shape index (κ1) is 14.6. The number of piperidine rings is 1. The first-order valence-corrected chi connectivity index (χ1v) is 6.47. The SMILES string of the molecule is CC1=C(N2CCCCC2)CC(C)(C)CC1=O.Cl. The minimum absolute atomic E-state index is 0. The van der Waals surface area contributed by atoms with Crippen molar-refractivity contribution in [2.24, 2.45) is 5.41 Å². The summed E-state index contributed by atoms with van der Waals surface area (Å²) in [5.74, 6) is 0.358. The Morgan fingerprint density at radius 3 is 2.24 bits per heavy atom. The molecule has 0 saturated carbocycles. The molecule has 0 aromatic carbocycles. The number of hydrogen-bond donors (Lipinski definition) is 0. The second-order valence-electron chi connectivity index (χ2n) is 6.06. The number of carbonyl (C=O) groups is 1. The third kappa shape index (κ3) is 3.25. The predicted molar refractivity (Wildman–Crippen MR) is 73.4 cm³/mol. The van der Waals surface area contributed by atoms with E-state index in [0.717, 1.165) is 31.5 Å². The zero-order valence-electron chi connectivity index (χ0n) is 11.2. The second kappa shape index (κ2) is 5.43. The quantitative estimate of drug-likeness (QED) is 0.716. The average Bonchev–Trinajstić information content (AvgIpc) is 2.24. The van der Waals surface area contributed by atoms with E-state index >= 15 is 0 Å². The summed E-state index contributed by atoms with van der Waals surface area (Å²) in [4.78, 5) is 14.4. The summed E-state index contributed by atoms with van der Waals surface area (Å²) in [6, 6.07) is 0. The number of carbonyl (C=O) groups excluding carboxylic acids is 1. The first-order valence-electron chi connectivity index (χ1n) is 6.47. The number of Topliss-reactive ketones (excluding diaryl/α,β-unsaturated/α-hetero) is 1. The van der Waals surface area contributed by atoms with Crippen LogP contribution in [0, 0.1) is 5.41 Å². The lowest BCUT2D eigenvalue weighted by molar-refractivity contribution is -0.118. The molecule has 1 heterocycles. The molecule has 0 spiro atoms. The Morgan fingerprint density at radius 1 is 1.06 bits per heavy atom. The Hall–Kier alpha value is -0.500. The van der Waals surface area contributed by atoms with Crippen LogP contribution in [0.3, 0.4) is 0 Å². The van der Waals surface area contributed by atoms with E-state index < -0.39 is 0 Å². The van der Waals surface area contributed by atoms with Gasteiger partial charge in [-0.3, -0.25) is 4.79 Å². The van der Waals surface area contributed by atoms with Gasteiger partial charge in [0.2, 0.25) is 0 Å². The third-order valence-electron chi connectivity index (χ3n) is 3.87. The van der Waals surface area contributed by atoms with Gasteiger partial charge in [-0.1, -0.05) is 13.8 Å². The Bertz CT molecular complexity index is 327. The van der Waals surface area contributed by atoms with Crippen LogP contribution in [0.5, 0.6) is 0 Å². The molecule has 0 N–H and O–H groups in total. The summed E-state index contributed by atoms with van der Waals surface area (Å²) < 4.78 is 0. The second-order valence-corrected chi connectivity index (χ2v) is 6.06. The molecule has 2 aliphatic rings. The normalized spacial score (nSPS) is 24.6. The predicted octanol–water partition coefficient (Wildman–Crippen LogP) is 3.56. The maximum Gasteiger partial charge on any atom is 0.160 e. The third-order valence-corrected chi connectivity index (χ3v) is 3.87. The summed E-state index contributed by atoms with van der Waals surface area (Å²) in [5.41, 5.74) is 2.52. The van der Waals surface area contributed by atoms with Gasteiger partial charge < -0.3 is 4.90 Å². The molecule has 3 heteroatoms. The Labute approximate surface area is 111 Å². The van der Waals surface area contributed by atoms with Crippen molar-refractivity contribution in [3.05, 3.63) is 11.3 Å². The largest absolute Gasteiger partial charge is 0.374 e. The molecule has 0 unspecified atom stereocenters. The maximum atomic E-state index is 12.0. The van der Waals surface area contributed by atoms with E-state index in [1.807, 2.05) is 6.92 Å². The summed E-state index contributed by atoms with van der Waals surface area (Å²) in [6.07, 6.45) is 5.71. The van der Waals surface area contributed by atoms with Crippen molar-refractivity contribution >= 4 is 18.2 Å². The van der Waals surface area contributed by atoms with Crippen LogP contribution < -0.4 is 0 Å². The van der Waals surface area contributed by atoms with E-state index in [4.69, 9.17) is 0 Å². The molecule has 0 atom stereocenters. The van der Waals surface area contributed by atoms with Crippen LogP contribution in [0.4, 0.5) is 0 Å². The zero-order chi connectivity index (χ0) is 11.8. The van der Waals surface area contributed by atoms with Crippen molar-refractivity contribution in [2.75, 3.05) is 13.1 Å². The summed E-state index contributed by atoms with van der Waals surface area (Å²) >= 11 is 0. The molecule has 98 valence electrons. The standard InChI is InChI=1S/C14H23NO.ClH/c1-11-12(15-7-5-4-6-8-15)9-14(2,3)10-13(11)16;/h4-10H2,1-3H3;1H. The highest BCUT2D eigenvalue weighted by Crippen LogP contribution is 2.38. The van der Waals surface area contributed by atoms with Crippen LogP contribution in [-0.2, 0) is 4.79 Å². The van der Waals surface area contributed by atoms with Crippen molar-refractivity contribution in [1.82, 2.24) is 4.90 Å². The molecule has 1 saturated heterocycles. The van der Waals surface area contributed by atoms with Crippen molar-refractivity contribution in [3.8, 4) is 0 Å². The van der Waals surface area contributed by atoms with E-state index in [2.05, 4.69) is 18.7 Å². The lowest BCUT2D eigenvalue weighted by atomic mass is 9.75. The van der Waals surface area contributed by atoms with Gasteiger partial charge in [0.15, 0.2) is 5.78 Å². The van der Waals surface area contributed by atoms with Gasteiger partial charge in [0.05, 0.1) is 0 Å². The van der Waals surface area contributed by atoms with E-state index in [9.17, 15) is 4.79 Å². The van der Waals surface area contributed by atoms with Gasteiger partial charge in [-0.25, -0.2) is 0 Å². The van der Waals surface area contributed by atoms with Crippen LogP contribution in [0.2, 0.25) is 0 Å². The fourth-order valence-corrected chi connectivity index (χ4v) is 2.89. The van der Waals surface area contributed by atoms with Gasteiger partial charge in [-0.15, -0.1) is 12.4 Å². The van der Waals surface area contributed by atoms with Gasteiger partial charge >= 0.3 is 0 Å². The molecule has 1 fully saturated rings. The first-order chi connectivity index (χ1) is 7.49. The molecule has 1 aliphatic carbocycles. The number of ketones is 1. The van der Waals surface area contributed by atoms with Crippen LogP contribution in [0.25, 0.3) is 0 Å². The molecular formula is C14H24ClNO. The Balaban J connectivity index is 0.00000144. The number of nitrogens with zero attached hydrogens (tertiary/aromatic N) is 1. The van der Waals surface area contributed by atoms with E-state index in [0.29, 0.717) is 5.78 Å². The van der Waals surface area contributed by atoms with E-state index in [-0.39, 0.29) is 17.8 Å². The smallest absolute Gasteiger partial charge is 0.160 e. The molecule has 17 heavy (non-hydrogen) atoms. The van der Waals surface area contributed by atoms with Crippen molar-refractivity contribution < 1.29 is 4.79 Å². The molecule has 0 aromatic rings. The van der Waals surface area contributed by atoms with Crippen molar-refractivity contribution in [2.45, 2.75) is 52.9 Å². The summed E-state index contributed by atoms with van der Waals surface area (Å²) in [5, 5.41) is 0. The molecule has 1 aliphatic heterocycles. The van der Waals surface area contributed by atoms with E-state index in [1.54, 1.807) is 0 Å². The molecule has 0 radical (unpaired) electrons. The van der Waals surface area contributed by atoms with Gasteiger partial charge in [0, 0.05) is 30.8 Å². The molecule has 2 rings (SSSR count). The summed E-state index contributed by atoms with van der Waals surface area (Å²) in [7, 11) is 0. The Kier molecular flexibility index (Phi) is 4.65. The minimum Gasteiger partial charge on any atom is -0.374 e. The topological polar surface area (TPSA) is 20.3 Å². The monoisotopic (exact) mass is 257 g/mol. The van der Waals surface area contributed by atoms with Crippen LogP contribution in [0.15, 0.2) is 11.3 Å². The number of hydrogen-bond acceptors (Lipinski definition) is 2. The van der Waals surface area contributed by atoms with Gasteiger partial charge in [-0.05, 0) is 38.0 Å². The van der Waals surface area contributed by atoms with Crippen molar-refractivity contribution in [3.63, 3.8) is 0 Å². The molecule has 0 amide bonds. The molecule has 2 nitrogen and oxygen atoms in total. The number of likely N-dealkylation sites (tertiary alicyclic amines) is 1. The fraction of sp³-hybridized carbons (Fsp3) is 0.786. The van der Waals surface area contributed by atoms with Gasteiger partial charge in [0.25, 0.3) is 0 Å².